The number of hydrogen-bond acceptors (Lipinski definition) is 2. The van der Waals surface area contributed by atoms with Gasteiger partial charge in [-0.25, -0.2) is 4.39 Å². The number of nitrogens with one attached hydrogen (secondary N) is 1. The molecule has 0 spiro atoms. The minimum atomic E-state index is -0.476. The van der Waals surface area contributed by atoms with Crippen molar-refractivity contribution in [1.82, 2.24) is 5.32 Å². The molecule has 0 aliphatic rings. The van der Waals surface area contributed by atoms with Gasteiger partial charge in [0.1, 0.15) is 5.82 Å². The molecule has 0 heterocycles. The van der Waals surface area contributed by atoms with E-state index in [2.05, 4.69) is 11.9 Å². The Morgan fingerprint density at radius 3 is 3.00 bits per heavy atom. The molecule has 1 unspecified atom stereocenters. The molecular weight excluding hydrogens is 207 g/mol. The quantitative estimate of drug-likeness (QED) is 0.605. The summed E-state index contributed by atoms with van der Waals surface area (Å²) in [4.78, 5) is 11.7. The van der Waals surface area contributed by atoms with Crippen molar-refractivity contribution in [1.29, 1.82) is 0 Å². The minimum Gasteiger partial charge on any atom is -0.398 e. The SMILES string of the molecule is C=CCC(C)NC(=O)c1cc(F)ccc1N. The van der Waals surface area contributed by atoms with Crippen LogP contribution >= 0.6 is 0 Å². The molecule has 16 heavy (non-hydrogen) atoms. The Morgan fingerprint density at radius 2 is 2.38 bits per heavy atom. The molecule has 1 atom stereocenters. The monoisotopic (exact) mass is 222 g/mol. The van der Waals surface area contributed by atoms with Gasteiger partial charge in [-0.15, -0.1) is 6.58 Å². The number of anilines is 1. The Bertz CT molecular complexity index is 404. The Hall–Kier alpha value is -1.84. The van der Waals surface area contributed by atoms with Gasteiger partial charge in [-0.3, -0.25) is 4.79 Å². The molecule has 4 heteroatoms. The van der Waals surface area contributed by atoms with Gasteiger partial charge >= 0.3 is 0 Å². The molecule has 0 saturated carbocycles. The number of hydrogen-bond donors (Lipinski definition) is 2. The van der Waals surface area contributed by atoms with Gasteiger partial charge in [0.05, 0.1) is 5.56 Å². The molecule has 0 aliphatic heterocycles. The molecule has 1 aromatic carbocycles. The summed E-state index contributed by atoms with van der Waals surface area (Å²) in [7, 11) is 0. The third-order valence-electron chi connectivity index (χ3n) is 2.16. The second kappa shape index (κ2) is 5.30. The zero-order valence-electron chi connectivity index (χ0n) is 9.16. The molecule has 0 fully saturated rings. The third-order valence-corrected chi connectivity index (χ3v) is 2.16. The van der Waals surface area contributed by atoms with Crippen molar-refractivity contribution in [2.75, 3.05) is 5.73 Å². The predicted molar refractivity (Wildman–Crippen MR) is 62.6 cm³/mol. The maximum Gasteiger partial charge on any atom is 0.253 e. The molecule has 3 nitrogen and oxygen atoms in total. The van der Waals surface area contributed by atoms with Crippen LogP contribution in [0.4, 0.5) is 10.1 Å². The highest BCUT2D eigenvalue weighted by Crippen LogP contribution is 2.13. The number of carbonyl (C=O) groups is 1. The van der Waals surface area contributed by atoms with Crippen LogP contribution in [-0.2, 0) is 0 Å². The van der Waals surface area contributed by atoms with Crippen molar-refractivity contribution >= 4 is 11.6 Å². The van der Waals surface area contributed by atoms with Crippen LogP contribution < -0.4 is 11.1 Å². The summed E-state index contributed by atoms with van der Waals surface area (Å²) in [5.41, 5.74) is 6.02. The van der Waals surface area contributed by atoms with Gasteiger partial charge in [-0.2, -0.15) is 0 Å². The molecule has 1 rings (SSSR count). The largest absolute Gasteiger partial charge is 0.398 e. The number of nitrogens with two attached hydrogens (primary N) is 1. The third kappa shape index (κ3) is 3.08. The Kier molecular flexibility index (Phi) is 4.05. The summed E-state index contributed by atoms with van der Waals surface area (Å²) in [6, 6.07) is 3.68. The van der Waals surface area contributed by atoms with Crippen molar-refractivity contribution in [3.63, 3.8) is 0 Å². The minimum absolute atomic E-state index is 0.0485. The summed E-state index contributed by atoms with van der Waals surface area (Å²) in [6.07, 6.45) is 2.36. The van der Waals surface area contributed by atoms with E-state index in [0.29, 0.717) is 6.42 Å². The van der Waals surface area contributed by atoms with Crippen LogP contribution in [0.5, 0.6) is 0 Å². The lowest BCUT2D eigenvalue weighted by molar-refractivity contribution is 0.0941. The molecule has 86 valence electrons. The molecule has 1 amide bonds. The van der Waals surface area contributed by atoms with Gasteiger partial charge in [-0.1, -0.05) is 6.08 Å². The van der Waals surface area contributed by atoms with Crippen molar-refractivity contribution in [3.05, 3.63) is 42.2 Å². The lowest BCUT2D eigenvalue weighted by atomic mass is 10.1. The number of benzene rings is 1. The van der Waals surface area contributed by atoms with E-state index in [1.54, 1.807) is 6.08 Å². The molecule has 1 aromatic rings. The van der Waals surface area contributed by atoms with Gasteiger partial charge < -0.3 is 11.1 Å². The van der Waals surface area contributed by atoms with Gasteiger partial charge in [-0.05, 0) is 31.5 Å². The first-order chi connectivity index (χ1) is 7.54. The van der Waals surface area contributed by atoms with E-state index in [1.165, 1.54) is 12.1 Å². The fourth-order valence-corrected chi connectivity index (χ4v) is 1.34. The van der Waals surface area contributed by atoms with E-state index in [4.69, 9.17) is 5.73 Å². The van der Waals surface area contributed by atoms with Gasteiger partial charge in [0.25, 0.3) is 5.91 Å². The fraction of sp³-hybridized carbons (Fsp3) is 0.250. The van der Waals surface area contributed by atoms with Crippen molar-refractivity contribution in [2.24, 2.45) is 0 Å². The zero-order valence-corrected chi connectivity index (χ0v) is 9.16. The average molecular weight is 222 g/mol. The van der Waals surface area contributed by atoms with Gasteiger partial charge in [0.15, 0.2) is 0 Å². The molecule has 0 aromatic heterocycles. The van der Waals surface area contributed by atoms with E-state index in [0.717, 1.165) is 6.07 Å². The van der Waals surface area contributed by atoms with Crippen LogP contribution in [0.1, 0.15) is 23.7 Å². The second-order valence-electron chi connectivity index (χ2n) is 3.63. The zero-order chi connectivity index (χ0) is 12.1. The summed E-state index contributed by atoms with van der Waals surface area (Å²) >= 11 is 0. The standard InChI is InChI=1S/C12H15FN2O/c1-3-4-8(2)15-12(16)10-7-9(13)5-6-11(10)14/h3,5-8H,1,4,14H2,2H3,(H,15,16). The van der Waals surface area contributed by atoms with Crippen molar-refractivity contribution < 1.29 is 9.18 Å². The highest BCUT2D eigenvalue weighted by Gasteiger charge is 2.12. The maximum absolute atomic E-state index is 12.9. The topological polar surface area (TPSA) is 55.1 Å². The number of halogens is 1. The maximum atomic E-state index is 12.9. The van der Waals surface area contributed by atoms with Crippen LogP contribution in [0.2, 0.25) is 0 Å². The van der Waals surface area contributed by atoms with Crippen LogP contribution in [0.15, 0.2) is 30.9 Å². The molecule has 0 bridgehead atoms. The molecule has 0 saturated heterocycles. The normalized spacial score (nSPS) is 11.9. The lowest BCUT2D eigenvalue weighted by Crippen LogP contribution is -2.32. The summed E-state index contributed by atoms with van der Waals surface area (Å²) in [6.45, 7) is 5.42. The predicted octanol–water partition coefficient (Wildman–Crippen LogP) is 2.10. The van der Waals surface area contributed by atoms with E-state index in [-0.39, 0.29) is 23.2 Å². The van der Waals surface area contributed by atoms with Crippen molar-refractivity contribution in [3.8, 4) is 0 Å². The molecule has 0 aliphatic carbocycles. The number of carbonyl (C=O) groups excluding carboxylic acids is 1. The van der Waals surface area contributed by atoms with Crippen LogP contribution in [0, 0.1) is 5.82 Å². The average Bonchev–Trinajstić information content (AvgIpc) is 2.21. The van der Waals surface area contributed by atoms with Crippen LogP contribution in [-0.4, -0.2) is 11.9 Å². The smallest absolute Gasteiger partial charge is 0.253 e. The van der Waals surface area contributed by atoms with E-state index >= 15 is 0 Å². The number of amides is 1. The summed E-state index contributed by atoms with van der Waals surface area (Å²) < 4.78 is 12.9. The van der Waals surface area contributed by atoms with Gasteiger partial charge in [0.2, 0.25) is 0 Å². The number of nitrogen functional groups attached to an aromatic ring is 1. The molecular formula is C12H15FN2O. The fourth-order valence-electron chi connectivity index (χ4n) is 1.34. The number of rotatable bonds is 4. The Balaban J connectivity index is 2.80. The molecule has 3 N–H and O–H groups in total. The second-order valence-corrected chi connectivity index (χ2v) is 3.63. The first-order valence-electron chi connectivity index (χ1n) is 5.01. The van der Waals surface area contributed by atoms with E-state index < -0.39 is 5.82 Å². The first-order valence-corrected chi connectivity index (χ1v) is 5.01. The van der Waals surface area contributed by atoms with E-state index in [9.17, 15) is 9.18 Å². The van der Waals surface area contributed by atoms with Crippen LogP contribution in [0.25, 0.3) is 0 Å². The summed E-state index contributed by atoms with van der Waals surface area (Å²) in [5, 5.41) is 2.71. The van der Waals surface area contributed by atoms with Crippen LogP contribution in [0.3, 0.4) is 0 Å². The molecule has 0 radical (unpaired) electrons. The highest BCUT2D eigenvalue weighted by atomic mass is 19.1. The Labute approximate surface area is 94.1 Å². The summed E-state index contributed by atoms with van der Waals surface area (Å²) in [5.74, 6) is -0.845. The first kappa shape index (κ1) is 12.2. The highest BCUT2D eigenvalue weighted by molar-refractivity contribution is 5.99. The van der Waals surface area contributed by atoms with Gasteiger partial charge in [0, 0.05) is 11.7 Å². The lowest BCUT2D eigenvalue weighted by Gasteiger charge is -2.12. The Morgan fingerprint density at radius 1 is 1.69 bits per heavy atom. The van der Waals surface area contributed by atoms with E-state index in [1.807, 2.05) is 6.92 Å². The van der Waals surface area contributed by atoms with Crippen molar-refractivity contribution in [2.45, 2.75) is 19.4 Å².